The van der Waals surface area contributed by atoms with Gasteiger partial charge in [0.1, 0.15) is 17.0 Å². The fourth-order valence-electron chi connectivity index (χ4n) is 3.07. The van der Waals surface area contributed by atoms with E-state index in [-0.39, 0.29) is 5.69 Å². The van der Waals surface area contributed by atoms with Gasteiger partial charge < -0.3 is 5.32 Å². The number of thiophene rings is 1. The summed E-state index contributed by atoms with van der Waals surface area (Å²) < 4.78 is 40.1. The lowest BCUT2D eigenvalue weighted by atomic mass is 10.0. The molecule has 0 unspecified atom stereocenters. The lowest BCUT2D eigenvalue weighted by molar-refractivity contribution is -0.136. The molecule has 2 heterocycles. The molecule has 1 N–H and O–H groups in total. The average Bonchev–Trinajstić information content (AvgIpc) is 2.99. The second-order valence-electron chi connectivity index (χ2n) is 6.11. The molecule has 0 aliphatic carbocycles. The summed E-state index contributed by atoms with van der Waals surface area (Å²) >= 11 is 7.45. The van der Waals surface area contributed by atoms with Gasteiger partial charge in [-0.15, -0.1) is 11.3 Å². The first-order valence-electron chi connectivity index (χ1n) is 8.28. The highest BCUT2D eigenvalue weighted by Crippen LogP contribution is 2.42. The van der Waals surface area contributed by atoms with Gasteiger partial charge in [0, 0.05) is 15.5 Å². The Morgan fingerprint density at radius 1 is 1.00 bits per heavy atom. The maximum absolute atomic E-state index is 13.4. The summed E-state index contributed by atoms with van der Waals surface area (Å²) in [6.45, 7) is 1.95. The monoisotopic (exact) mass is 419 g/mol. The van der Waals surface area contributed by atoms with Crippen LogP contribution < -0.4 is 5.32 Å². The standard InChI is InChI=1S/C20H13ClF3N3S/c1-11-16(12-6-8-13(21)9-7-12)17-18(25-10-26-19(17)28-11)27-15-5-3-2-4-14(15)20(22,23)24/h2-10H,1H3,(H,25,26,27). The van der Waals surface area contributed by atoms with Crippen molar-refractivity contribution >= 4 is 44.7 Å². The Bertz CT molecular complexity index is 1150. The molecular formula is C20H13ClF3N3S. The third-order valence-electron chi connectivity index (χ3n) is 4.28. The Morgan fingerprint density at radius 2 is 1.71 bits per heavy atom. The van der Waals surface area contributed by atoms with E-state index in [1.807, 2.05) is 19.1 Å². The zero-order valence-electron chi connectivity index (χ0n) is 14.5. The molecule has 8 heteroatoms. The van der Waals surface area contributed by atoms with Crippen molar-refractivity contribution in [3.05, 3.63) is 70.3 Å². The van der Waals surface area contributed by atoms with Crippen molar-refractivity contribution in [3.8, 4) is 11.1 Å². The van der Waals surface area contributed by atoms with Gasteiger partial charge in [-0.2, -0.15) is 13.2 Å². The molecule has 0 radical (unpaired) electrons. The minimum atomic E-state index is -4.47. The van der Waals surface area contributed by atoms with Crippen molar-refractivity contribution in [2.24, 2.45) is 0 Å². The number of hydrogen-bond acceptors (Lipinski definition) is 4. The van der Waals surface area contributed by atoms with Crippen LogP contribution in [0.3, 0.4) is 0 Å². The first kappa shape index (κ1) is 18.7. The molecule has 0 saturated heterocycles. The van der Waals surface area contributed by atoms with Crippen LogP contribution in [0, 0.1) is 6.92 Å². The summed E-state index contributed by atoms with van der Waals surface area (Å²) in [5.74, 6) is 0.330. The van der Waals surface area contributed by atoms with E-state index in [4.69, 9.17) is 11.6 Å². The molecule has 28 heavy (non-hydrogen) atoms. The zero-order valence-corrected chi connectivity index (χ0v) is 16.1. The van der Waals surface area contributed by atoms with Gasteiger partial charge in [0.2, 0.25) is 0 Å². The first-order chi connectivity index (χ1) is 13.3. The molecule has 0 aliphatic rings. The van der Waals surface area contributed by atoms with Gasteiger partial charge in [-0.1, -0.05) is 35.9 Å². The number of aryl methyl sites for hydroxylation is 1. The van der Waals surface area contributed by atoms with Crippen molar-refractivity contribution in [1.82, 2.24) is 9.97 Å². The first-order valence-corrected chi connectivity index (χ1v) is 9.47. The van der Waals surface area contributed by atoms with Gasteiger partial charge in [-0.3, -0.25) is 0 Å². The Kier molecular flexibility index (Phi) is 4.72. The molecule has 4 rings (SSSR count). The van der Waals surface area contributed by atoms with Crippen molar-refractivity contribution in [3.63, 3.8) is 0 Å². The molecule has 4 aromatic rings. The Hall–Kier alpha value is -2.64. The van der Waals surface area contributed by atoms with Gasteiger partial charge in [-0.05, 0) is 36.8 Å². The number of nitrogens with one attached hydrogen (secondary N) is 1. The highest BCUT2D eigenvalue weighted by Gasteiger charge is 2.33. The third kappa shape index (κ3) is 3.43. The summed E-state index contributed by atoms with van der Waals surface area (Å²) in [4.78, 5) is 10.2. The predicted molar refractivity (Wildman–Crippen MR) is 107 cm³/mol. The van der Waals surface area contributed by atoms with E-state index in [0.29, 0.717) is 21.1 Å². The number of hydrogen-bond donors (Lipinski definition) is 1. The second-order valence-corrected chi connectivity index (χ2v) is 7.75. The molecule has 0 amide bonds. The Balaban J connectivity index is 1.89. The van der Waals surface area contributed by atoms with E-state index in [9.17, 15) is 13.2 Å². The quantitative estimate of drug-likeness (QED) is 0.385. The topological polar surface area (TPSA) is 37.8 Å². The van der Waals surface area contributed by atoms with Gasteiger partial charge in [-0.25, -0.2) is 9.97 Å². The van der Waals surface area contributed by atoms with Crippen molar-refractivity contribution < 1.29 is 13.2 Å². The van der Waals surface area contributed by atoms with Crippen LogP contribution in [0.2, 0.25) is 5.02 Å². The number of anilines is 2. The van der Waals surface area contributed by atoms with Crippen LogP contribution in [0.5, 0.6) is 0 Å². The largest absolute Gasteiger partial charge is 0.418 e. The lowest BCUT2D eigenvalue weighted by Gasteiger charge is -2.15. The molecular weight excluding hydrogens is 407 g/mol. The highest BCUT2D eigenvalue weighted by atomic mass is 35.5. The van der Waals surface area contributed by atoms with Crippen molar-refractivity contribution in [2.75, 3.05) is 5.32 Å². The summed E-state index contributed by atoms with van der Waals surface area (Å²) in [6.07, 6.45) is -3.12. The smallest absolute Gasteiger partial charge is 0.339 e. The van der Waals surface area contributed by atoms with Crippen LogP contribution in [0.4, 0.5) is 24.7 Å². The lowest BCUT2D eigenvalue weighted by Crippen LogP contribution is -2.09. The number of halogens is 4. The van der Waals surface area contributed by atoms with Gasteiger partial charge >= 0.3 is 6.18 Å². The molecule has 3 nitrogen and oxygen atoms in total. The number of nitrogens with zero attached hydrogens (tertiary/aromatic N) is 2. The molecule has 0 aliphatic heterocycles. The van der Waals surface area contributed by atoms with E-state index >= 15 is 0 Å². The normalized spacial score (nSPS) is 11.8. The third-order valence-corrected chi connectivity index (χ3v) is 5.55. The molecule has 0 fully saturated rings. The highest BCUT2D eigenvalue weighted by molar-refractivity contribution is 7.19. The van der Waals surface area contributed by atoms with Gasteiger partial charge in [0.25, 0.3) is 0 Å². The second kappa shape index (κ2) is 7.07. The summed E-state index contributed by atoms with van der Waals surface area (Å²) in [6, 6.07) is 12.6. The molecule has 0 bridgehead atoms. The molecule has 142 valence electrons. The van der Waals surface area contributed by atoms with Crippen molar-refractivity contribution in [1.29, 1.82) is 0 Å². The number of para-hydroxylation sites is 1. The molecule has 0 atom stereocenters. The minimum absolute atomic E-state index is 0.0547. The summed E-state index contributed by atoms with van der Waals surface area (Å²) in [5, 5.41) is 4.16. The maximum atomic E-state index is 13.4. The minimum Gasteiger partial charge on any atom is -0.339 e. The Labute approximate surface area is 167 Å². The van der Waals surface area contributed by atoms with E-state index < -0.39 is 11.7 Å². The number of alkyl halides is 3. The van der Waals surface area contributed by atoms with Crippen LogP contribution in [0.25, 0.3) is 21.3 Å². The van der Waals surface area contributed by atoms with E-state index in [1.165, 1.54) is 29.8 Å². The summed E-state index contributed by atoms with van der Waals surface area (Å²) in [7, 11) is 0. The number of fused-ring (bicyclic) bond motifs is 1. The Morgan fingerprint density at radius 3 is 2.43 bits per heavy atom. The summed E-state index contributed by atoms with van der Waals surface area (Å²) in [5.41, 5.74) is 0.974. The molecule has 2 aromatic heterocycles. The van der Waals surface area contributed by atoms with Gasteiger partial charge in [0.05, 0.1) is 16.6 Å². The maximum Gasteiger partial charge on any atom is 0.418 e. The molecule has 0 saturated carbocycles. The number of benzene rings is 2. The SMILES string of the molecule is Cc1sc2ncnc(Nc3ccccc3C(F)(F)F)c2c1-c1ccc(Cl)cc1. The van der Waals surface area contributed by atoms with Crippen LogP contribution in [-0.4, -0.2) is 9.97 Å². The van der Waals surface area contributed by atoms with E-state index in [2.05, 4.69) is 15.3 Å². The number of aromatic nitrogens is 2. The van der Waals surface area contributed by atoms with Crippen LogP contribution in [0.15, 0.2) is 54.9 Å². The molecule has 2 aromatic carbocycles. The predicted octanol–water partition coefficient (Wildman–Crippen LogP) is 7.08. The fraction of sp³-hybridized carbons (Fsp3) is 0.100. The van der Waals surface area contributed by atoms with Crippen LogP contribution in [-0.2, 0) is 6.18 Å². The van der Waals surface area contributed by atoms with E-state index in [0.717, 1.165) is 22.1 Å². The number of rotatable bonds is 3. The van der Waals surface area contributed by atoms with Crippen LogP contribution >= 0.6 is 22.9 Å². The van der Waals surface area contributed by atoms with Gasteiger partial charge in [0.15, 0.2) is 0 Å². The zero-order chi connectivity index (χ0) is 19.9. The fourth-order valence-corrected chi connectivity index (χ4v) is 4.21. The average molecular weight is 420 g/mol. The van der Waals surface area contributed by atoms with E-state index in [1.54, 1.807) is 18.2 Å². The van der Waals surface area contributed by atoms with Crippen LogP contribution in [0.1, 0.15) is 10.4 Å². The molecule has 0 spiro atoms. The van der Waals surface area contributed by atoms with Crippen molar-refractivity contribution in [2.45, 2.75) is 13.1 Å².